The van der Waals surface area contributed by atoms with Gasteiger partial charge in [-0.3, -0.25) is 9.78 Å². The summed E-state index contributed by atoms with van der Waals surface area (Å²) in [7, 11) is 0. The zero-order chi connectivity index (χ0) is 35.5. The molecule has 51 heavy (non-hydrogen) atoms. The Bertz CT molecular complexity index is 2170. The molecule has 1 N–H and O–H groups in total. The van der Waals surface area contributed by atoms with Crippen LogP contribution in [0.2, 0.25) is 0 Å². The van der Waals surface area contributed by atoms with Gasteiger partial charge in [-0.1, -0.05) is 131 Å². The largest absolute Gasteiger partial charge is 0.512 e. The first kappa shape index (κ1) is 38.3. The number of fused-ring (bicyclic) bond motifs is 6. The topological polar surface area (TPSA) is 50.2 Å². The molecule has 1 aliphatic rings. The first-order valence-corrected chi connectivity index (χ1v) is 18.9. The Hall–Kier alpha value is -3.89. The molecule has 0 spiro atoms. The molecule has 265 valence electrons. The van der Waals surface area contributed by atoms with Crippen molar-refractivity contribution < 1.29 is 30.0 Å². The number of carbonyl (C=O) groups excluding carboxylic acids is 1. The van der Waals surface area contributed by atoms with E-state index in [9.17, 15) is 9.90 Å². The number of carbonyl (C=O) groups is 1. The van der Waals surface area contributed by atoms with Gasteiger partial charge in [-0.05, 0) is 66.7 Å². The van der Waals surface area contributed by atoms with Gasteiger partial charge >= 0.3 is 0 Å². The number of hydrogen-bond donors (Lipinski definition) is 1. The van der Waals surface area contributed by atoms with E-state index in [1.165, 1.54) is 54.2 Å². The summed E-state index contributed by atoms with van der Waals surface area (Å²) in [6, 6.07) is 36.2. The van der Waals surface area contributed by atoms with E-state index < -0.39 is 0 Å². The van der Waals surface area contributed by atoms with Crippen LogP contribution in [0.4, 0.5) is 0 Å². The molecular weight excluding hydrogens is 823 g/mol. The normalized spacial score (nSPS) is 12.8. The van der Waals surface area contributed by atoms with E-state index in [-0.39, 0.29) is 42.5 Å². The van der Waals surface area contributed by atoms with Crippen molar-refractivity contribution in [1.29, 1.82) is 0 Å². The van der Waals surface area contributed by atoms with E-state index in [1.54, 1.807) is 0 Å². The van der Waals surface area contributed by atoms with Gasteiger partial charge in [0, 0.05) is 64.0 Å². The summed E-state index contributed by atoms with van der Waals surface area (Å²) in [5.41, 5.74) is 8.18. The van der Waals surface area contributed by atoms with E-state index in [4.69, 9.17) is 4.98 Å². The van der Waals surface area contributed by atoms with Gasteiger partial charge in [0.05, 0.1) is 0 Å². The number of pyridine rings is 1. The smallest absolute Gasteiger partial charge is 0.164 e. The number of aryl methyl sites for hydroxylation is 2. The van der Waals surface area contributed by atoms with Crippen molar-refractivity contribution in [3.05, 3.63) is 126 Å². The van der Waals surface area contributed by atoms with E-state index in [0.29, 0.717) is 0 Å². The average Bonchev–Trinajstić information content (AvgIpc) is 3.57. The molecule has 0 saturated heterocycles. The maximum atomic E-state index is 12.2. The van der Waals surface area contributed by atoms with Crippen molar-refractivity contribution in [2.75, 3.05) is 0 Å². The molecule has 6 aromatic rings. The fraction of sp³-hybridized carbons (Fsp3) is 0.304. The summed E-state index contributed by atoms with van der Waals surface area (Å²) in [5.74, 6) is 0.286. The molecule has 7 rings (SSSR count). The third-order valence-corrected chi connectivity index (χ3v) is 12.6. The summed E-state index contributed by atoms with van der Waals surface area (Å²) in [6.45, 7) is 12.1. The first-order chi connectivity index (χ1) is 24.2. The molecule has 5 heteroatoms. The molecule has 0 saturated carbocycles. The zero-order valence-corrected chi connectivity index (χ0v) is 33.8. The van der Waals surface area contributed by atoms with Crippen LogP contribution in [0.3, 0.4) is 0 Å². The van der Waals surface area contributed by atoms with Gasteiger partial charge in [0.25, 0.3) is 0 Å². The van der Waals surface area contributed by atoms with Crippen LogP contribution >= 0.6 is 11.3 Å². The minimum absolute atomic E-state index is 0. The fourth-order valence-corrected chi connectivity index (χ4v) is 8.18. The Kier molecular flexibility index (Phi) is 12.2. The van der Waals surface area contributed by atoms with Gasteiger partial charge in [-0.2, -0.15) is 0 Å². The molecule has 0 unspecified atom stereocenters. The van der Waals surface area contributed by atoms with Gasteiger partial charge in [-0.15, -0.1) is 34.9 Å². The summed E-state index contributed by atoms with van der Waals surface area (Å²) in [5, 5.41) is 13.8. The molecular formula is C46H48IrNO2S-. The van der Waals surface area contributed by atoms with Crippen molar-refractivity contribution in [2.24, 2.45) is 10.8 Å². The van der Waals surface area contributed by atoms with Gasteiger partial charge < -0.3 is 5.11 Å². The minimum Gasteiger partial charge on any atom is -0.512 e. The van der Waals surface area contributed by atoms with Crippen molar-refractivity contribution in [2.45, 2.75) is 80.1 Å². The monoisotopic (exact) mass is 871 g/mol. The number of ketones is 1. The molecule has 0 amide bonds. The summed E-state index contributed by atoms with van der Waals surface area (Å²) < 4.78 is 1.27. The van der Waals surface area contributed by atoms with Crippen molar-refractivity contribution in [3.8, 4) is 33.5 Å². The number of allylic oxidation sites excluding steroid dienone is 2. The second-order valence-corrected chi connectivity index (χ2v) is 15.1. The molecule has 1 radical (unpaired) electrons. The molecule has 0 fully saturated rings. The minimum atomic E-state index is -0.337. The maximum absolute atomic E-state index is 12.2. The van der Waals surface area contributed by atoms with Gasteiger partial charge in [-0.25, -0.2) is 0 Å². The molecule has 0 atom stereocenters. The number of hydrogen-bond acceptors (Lipinski definition) is 4. The molecule has 4 aromatic carbocycles. The maximum Gasteiger partial charge on any atom is 0.164 e. The number of benzene rings is 4. The van der Waals surface area contributed by atoms with Crippen LogP contribution in [0.1, 0.15) is 77.7 Å². The molecule has 1 aliphatic carbocycles. The van der Waals surface area contributed by atoms with Crippen LogP contribution in [0.25, 0.3) is 54.4 Å². The SMILES string of the molecule is CCC(C)(CC)C(=O)/C=C(\O)C(C)(CC)CC.[Ir].[c-]1c(-c2nccc3c4c(sc23)CCc2ccccc2-4)cc(-c2ccccc2)c2ccccc12. The predicted octanol–water partition coefficient (Wildman–Crippen LogP) is 13.0. The van der Waals surface area contributed by atoms with E-state index in [0.717, 1.165) is 55.2 Å². The average molecular weight is 871 g/mol. The summed E-state index contributed by atoms with van der Waals surface area (Å²) in [6.07, 6.45) is 8.93. The number of nitrogens with zero attached hydrogens (tertiary/aromatic N) is 1. The predicted molar refractivity (Wildman–Crippen MR) is 213 cm³/mol. The Morgan fingerprint density at radius 2 is 1.45 bits per heavy atom. The van der Waals surface area contributed by atoms with E-state index in [2.05, 4.69) is 97.1 Å². The Labute approximate surface area is 321 Å². The zero-order valence-electron chi connectivity index (χ0n) is 30.6. The first-order valence-electron chi connectivity index (χ1n) is 18.1. The number of aliphatic hydroxyl groups excluding tert-OH is 1. The van der Waals surface area contributed by atoms with Crippen LogP contribution in [0.5, 0.6) is 0 Å². The van der Waals surface area contributed by atoms with Gasteiger partial charge in [0.15, 0.2) is 5.78 Å². The second kappa shape index (κ2) is 16.2. The van der Waals surface area contributed by atoms with Gasteiger partial charge in [0.2, 0.25) is 0 Å². The van der Waals surface area contributed by atoms with E-state index in [1.807, 2.05) is 59.1 Å². The standard InChI is InChI=1S/C31H20NS.C15H28O2.Ir/c1-2-8-20(9-3-1)27-19-23(18-22-11-5-6-12-24(22)27)30-31-26(16-17-32-30)29-25-13-7-4-10-21(25)14-15-28(29)33-31;1-7-14(5,8-2)12(16)11-13(17)15(6,9-3)10-4;/h1-13,16-17,19H,14-15H2;11,16H,7-10H2,1-6H3;/q-1;;/b;12-11-;. The van der Waals surface area contributed by atoms with Gasteiger partial charge in [0.1, 0.15) is 5.76 Å². The Balaban J connectivity index is 0.000000242. The molecule has 0 bridgehead atoms. The molecule has 2 aromatic heterocycles. The number of rotatable bonds is 9. The third-order valence-electron chi connectivity index (χ3n) is 11.3. The van der Waals surface area contributed by atoms with Crippen molar-refractivity contribution in [3.63, 3.8) is 0 Å². The molecule has 3 nitrogen and oxygen atoms in total. The number of thiophene rings is 1. The van der Waals surface area contributed by atoms with Crippen LogP contribution in [0, 0.1) is 16.9 Å². The third kappa shape index (κ3) is 7.54. The van der Waals surface area contributed by atoms with Crippen LogP contribution in [0.15, 0.2) is 109 Å². The fourth-order valence-electron chi connectivity index (χ4n) is 6.86. The molecule has 0 aliphatic heterocycles. The quantitative estimate of drug-likeness (QED) is 0.0895. The van der Waals surface area contributed by atoms with Crippen molar-refractivity contribution >= 4 is 38.0 Å². The van der Waals surface area contributed by atoms with Crippen LogP contribution in [-0.4, -0.2) is 15.9 Å². The Morgan fingerprint density at radius 3 is 2.16 bits per heavy atom. The van der Waals surface area contributed by atoms with E-state index >= 15 is 0 Å². The summed E-state index contributed by atoms with van der Waals surface area (Å²) in [4.78, 5) is 18.6. The Morgan fingerprint density at radius 1 is 0.804 bits per heavy atom. The van der Waals surface area contributed by atoms with Crippen molar-refractivity contribution in [1.82, 2.24) is 4.98 Å². The number of aliphatic hydroxyl groups is 1. The second-order valence-electron chi connectivity index (χ2n) is 14.0. The molecule has 2 heterocycles. The van der Waals surface area contributed by atoms with Crippen LogP contribution in [-0.2, 0) is 37.7 Å². The van der Waals surface area contributed by atoms with Crippen LogP contribution < -0.4 is 0 Å². The number of aromatic nitrogens is 1. The summed E-state index contributed by atoms with van der Waals surface area (Å²) >= 11 is 1.91.